The Morgan fingerprint density at radius 2 is 1.95 bits per heavy atom. The number of carbonyl (C=O) groups excluding carboxylic acids is 1. The van der Waals surface area contributed by atoms with E-state index in [2.05, 4.69) is 27.0 Å². The van der Waals surface area contributed by atoms with Gasteiger partial charge < -0.3 is 19.4 Å². The molecule has 188 valence electrons. The molecule has 6 aliphatic rings. The maximum atomic E-state index is 13.1. The van der Waals surface area contributed by atoms with Crippen LogP contribution in [-0.2, 0) is 12.8 Å². The molecule has 3 aliphatic carbocycles. The van der Waals surface area contributed by atoms with E-state index in [1.807, 2.05) is 18.5 Å². The maximum absolute atomic E-state index is 13.1. The Kier molecular flexibility index (Phi) is 5.47. The summed E-state index contributed by atoms with van der Waals surface area (Å²) in [5, 5.41) is 11.2. The Morgan fingerprint density at radius 3 is 2.84 bits per heavy atom. The number of nitrogens with zero attached hydrogens (tertiary/aromatic N) is 3. The van der Waals surface area contributed by atoms with Gasteiger partial charge in [0.25, 0.3) is 0 Å². The molecule has 1 saturated heterocycles. The minimum Gasteiger partial charge on any atom is -0.511 e. The lowest BCUT2D eigenvalue weighted by atomic mass is 9.82. The molecular formula is C30H30N4O3. The first kappa shape index (κ1) is 22.5. The van der Waals surface area contributed by atoms with E-state index in [-0.39, 0.29) is 18.0 Å². The number of rotatable bonds is 2. The van der Waals surface area contributed by atoms with E-state index in [0.717, 1.165) is 41.8 Å². The fourth-order valence-corrected chi connectivity index (χ4v) is 6.46. The number of aliphatic hydroxyl groups is 1. The number of H-pyrrole nitrogens is 1. The third-order valence-electron chi connectivity index (χ3n) is 8.25. The van der Waals surface area contributed by atoms with Gasteiger partial charge in [0, 0.05) is 72.0 Å². The molecule has 7 rings (SSSR count). The number of fused-ring (bicyclic) bond motifs is 5. The highest BCUT2D eigenvalue weighted by Crippen LogP contribution is 2.41. The fraction of sp³-hybridized carbons (Fsp3) is 0.367. The predicted molar refractivity (Wildman–Crippen MR) is 142 cm³/mol. The molecule has 7 nitrogen and oxygen atoms in total. The van der Waals surface area contributed by atoms with E-state index in [4.69, 9.17) is 9.41 Å². The molecule has 0 radical (unpaired) electrons. The SMILES string of the molecule is O=C1CC(O)=C2c3cc4c(cc5cncc3-5)C(=NCCc3cc1c2[nH]cco3)[C@H](CN1CCCC1)CC4. The molecule has 2 N–H and O–H groups in total. The summed E-state index contributed by atoms with van der Waals surface area (Å²) in [7, 11) is 0. The molecule has 7 heteroatoms. The summed E-state index contributed by atoms with van der Waals surface area (Å²) in [5.41, 5.74) is 8.23. The van der Waals surface area contributed by atoms with Gasteiger partial charge in [0.15, 0.2) is 5.78 Å². The summed E-state index contributed by atoms with van der Waals surface area (Å²) < 4.78 is 5.88. The van der Waals surface area contributed by atoms with Gasteiger partial charge in [-0.2, -0.15) is 0 Å². The number of allylic oxidation sites excluding steroid dienone is 1. The molecule has 1 fully saturated rings. The number of aliphatic hydroxyl groups excluding tert-OH is 1. The summed E-state index contributed by atoms with van der Waals surface area (Å²) in [6.07, 6.45) is 12.1. The number of Topliss-reactive ketones (excluding diaryl/α,β-unsaturated/α-hetero) is 1. The average molecular weight is 495 g/mol. The molecule has 4 heterocycles. The van der Waals surface area contributed by atoms with Crippen molar-refractivity contribution in [3.63, 3.8) is 0 Å². The standard InChI is InChI=1S/C30H30N4O3/c35-26-14-27(36)28-23-11-18-3-4-19(17-34-8-1-2-9-34)29(22(18)12-20-15-31-16-25(20)23)32-6-5-21-13-24(26)30(28)33-7-10-37-21/h7,10-13,15-16,19,33,36H,1-6,8-9,14,17H2/t19-/m0/s1. The van der Waals surface area contributed by atoms with Crippen molar-refractivity contribution in [1.82, 2.24) is 14.9 Å². The van der Waals surface area contributed by atoms with Gasteiger partial charge >= 0.3 is 0 Å². The van der Waals surface area contributed by atoms with E-state index in [1.165, 1.54) is 37.1 Å². The molecule has 0 unspecified atom stereocenters. The highest BCUT2D eigenvalue weighted by atomic mass is 16.3. The number of hydrogen-bond acceptors (Lipinski definition) is 6. The Bertz CT molecular complexity index is 1490. The molecular weight excluding hydrogens is 464 g/mol. The summed E-state index contributed by atoms with van der Waals surface area (Å²) in [4.78, 5) is 28.6. The van der Waals surface area contributed by atoms with E-state index in [1.54, 1.807) is 12.5 Å². The molecule has 0 aromatic carbocycles. The zero-order chi connectivity index (χ0) is 24.9. The van der Waals surface area contributed by atoms with Crippen molar-refractivity contribution >= 4 is 17.1 Å². The quantitative estimate of drug-likeness (QED) is 0.515. The van der Waals surface area contributed by atoms with Crippen LogP contribution in [0.2, 0.25) is 0 Å². The fourth-order valence-electron chi connectivity index (χ4n) is 6.46. The second-order valence-corrected chi connectivity index (χ2v) is 10.6. The number of hydrogen-bond donors (Lipinski definition) is 2. The number of aromatic amines is 1. The van der Waals surface area contributed by atoms with E-state index < -0.39 is 0 Å². The lowest BCUT2D eigenvalue weighted by Crippen LogP contribution is -2.34. The van der Waals surface area contributed by atoms with Crippen LogP contribution < -0.4 is 0 Å². The van der Waals surface area contributed by atoms with Gasteiger partial charge in [-0.15, -0.1) is 0 Å². The highest BCUT2D eigenvalue weighted by Gasteiger charge is 2.32. The lowest BCUT2D eigenvalue weighted by molar-refractivity contribution is 0.0977. The van der Waals surface area contributed by atoms with Gasteiger partial charge in [-0.1, -0.05) is 0 Å². The summed E-state index contributed by atoms with van der Waals surface area (Å²) in [6.45, 7) is 3.95. The molecule has 37 heavy (non-hydrogen) atoms. The minimum atomic E-state index is -0.132. The summed E-state index contributed by atoms with van der Waals surface area (Å²) in [5.74, 6) is 1.01. The number of aliphatic imine (C=N–C) groups is 1. The molecule has 1 aromatic heterocycles. The Hall–Kier alpha value is -3.71. The Morgan fingerprint density at radius 1 is 1.05 bits per heavy atom. The highest BCUT2D eigenvalue weighted by molar-refractivity contribution is 6.09. The predicted octanol–water partition coefficient (Wildman–Crippen LogP) is 5.14. The van der Waals surface area contributed by atoms with Gasteiger partial charge in [-0.3, -0.25) is 14.8 Å². The number of aromatic nitrogens is 2. The minimum absolute atomic E-state index is 0.0422. The van der Waals surface area contributed by atoms with Crippen LogP contribution in [0.1, 0.15) is 64.2 Å². The summed E-state index contributed by atoms with van der Waals surface area (Å²) in [6, 6.07) is 6.27. The van der Waals surface area contributed by atoms with Crippen molar-refractivity contribution < 1.29 is 14.3 Å². The normalized spacial score (nSPS) is 21.0. The third kappa shape index (κ3) is 3.89. The first-order valence-corrected chi connectivity index (χ1v) is 13.3. The van der Waals surface area contributed by atoms with Crippen molar-refractivity contribution in [2.45, 2.75) is 38.5 Å². The smallest absolute Gasteiger partial charge is 0.172 e. The molecule has 1 atom stereocenters. The second-order valence-electron chi connectivity index (χ2n) is 10.6. The van der Waals surface area contributed by atoms with Gasteiger partial charge in [-0.05, 0) is 73.7 Å². The van der Waals surface area contributed by atoms with Crippen molar-refractivity contribution in [2.75, 3.05) is 26.2 Å². The van der Waals surface area contributed by atoms with Crippen molar-refractivity contribution in [1.29, 1.82) is 0 Å². The van der Waals surface area contributed by atoms with Gasteiger partial charge in [0.2, 0.25) is 0 Å². The van der Waals surface area contributed by atoms with Crippen LogP contribution in [0, 0.1) is 5.92 Å². The topological polar surface area (TPSA) is 94.7 Å². The van der Waals surface area contributed by atoms with E-state index in [0.29, 0.717) is 41.5 Å². The van der Waals surface area contributed by atoms with Crippen molar-refractivity contribution in [3.8, 4) is 11.1 Å². The first-order valence-electron chi connectivity index (χ1n) is 13.3. The van der Waals surface area contributed by atoms with Crippen molar-refractivity contribution in [3.05, 3.63) is 82.5 Å². The number of aryl methyl sites for hydroxylation is 1. The van der Waals surface area contributed by atoms with Crippen LogP contribution in [0.3, 0.4) is 0 Å². The molecule has 0 amide bonds. The number of ketones is 1. The summed E-state index contributed by atoms with van der Waals surface area (Å²) >= 11 is 0. The van der Waals surface area contributed by atoms with E-state index in [9.17, 15) is 9.90 Å². The Labute approximate surface area is 215 Å². The number of nitrogens with one attached hydrogen (secondary N) is 1. The molecule has 8 bridgehead atoms. The third-order valence-corrected chi connectivity index (χ3v) is 8.25. The first-order chi connectivity index (χ1) is 18.2. The second kappa shape index (κ2) is 8.99. The van der Waals surface area contributed by atoms with Gasteiger partial charge in [-0.25, -0.2) is 0 Å². The molecule has 3 aliphatic heterocycles. The monoisotopic (exact) mass is 494 g/mol. The van der Waals surface area contributed by atoms with Gasteiger partial charge in [0.05, 0.1) is 12.1 Å². The zero-order valence-corrected chi connectivity index (χ0v) is 20.8. The van der Waals surface area contributed by atoms with Crippen LogP contribution in [0.4, 0.5) is 0 Å². The maximum Gasteiger partial charge on any atom is 0.172 e. The lowest BCUT2D eigenvalue weighted by Gasteiger charge is -2.30. The average Bonchev–Trinajstić information content (AvgIpc) is 3.52. The number of carbonyl (C=O) groups is 1. The van der Waals surface area contributed by atoms with Crippen molar-refractivity contribution in [2.24, 2.45) is 10.9 Å². The van der Waals surface area contributed by atoms with Crippen LogP contribution in [-0.4, -0.2) is 57.6 Å². The largest absolute Gasteiger partial charge is 0.511 e. The zero-order valence-electron chi connectivity index (χ0n) is 20.8. The van der Waals surface area contributed by atoms with Crippen LogP contribution in [0.25, 0.3) is 16.7 Å². The molecule has 0 spiro atoms. The van der Waals surface area contributed by atoms with Gasteiger partial charge in [0.1, 0.15) is 17.8 Å². The number of likely N-dealkylation sites (tertiary alicyclic amines) is 1. The van der Waals surface area contributed by atoms with Crippen LogP contribution in [0.15, 0.2) is 58.2 Å². The molecule has 0 saturated carbocycles. The van der Waals surface area contributed by atoms with Crippen LogP contribution >= 0.6 is 0 Å². The van der Waals surface area contributed by atoms with Crippen LogP contribution in [0.5, 0.6) is 0 Å². The Balaban J connectivity index is 1.50. The van der Waals surface area contributed by atoms with E-state index >= 15 is 0 Å². The molecule has 1 aromatic rings.